The SMILES string of the molecule is C[N+](C)(CC(=O)Nc1ccc(Nc2ccccc2)cc1)Cc1ccccc1.[Cl-]. The molecule has 4 nitrogen and oxygen atoms in total. The first kappa shape index (κ1) is 21.5. The van der Waals surface area contributed by atoms with E-state index in [0.29, 0.717) is 11.0 Å². The second-order valence-electron chi connectivity index (χ2n) is 7.35. The minimum Gasteiger partial charge on any atom is -1.00 e. The Balaban J connectivity index is 0.00000280. The molecule has 0 heterocycles. The molecule has 3 rings (SSSR count). The fourth-order valence-electron chi connectivity index (χ4n) is 3.05. The van der Waals surface area contributed by atoms with E-state index in [0.717, 1.165) is 23.6 Å². The maximum Gasteiger partial charge on any atom is 0.279 e. The predicted octanol–water partition coefficient (Wildman–Crippen LogP) is 1.65. The second-order valence-corrected chi connectivity index (χ2v) is 7.35. The summed E-state index contributed by atoms with van der Waals surface area (Å²) < 4.78 is 0.601. The van der Waals surface area contributed by atoms with Crippen molar-refractivity contribution in [3.05, 3.63) is 90.5 Å². The van der Waals surface area contributed by atoms with Crippen molar-refractivity contribution in [1.82, 2.24) is 0 Å². The summed E-state index contributed by atoms with van der Waals surface area (Å²) in [6.07, 6.45) is 0. The zero-order valence-electron chi connectivity index (χ0n) is 16.2. The van der Waals surface area contributed by atoms with Crippen molar-refractivity contribution in [2.45, 2.75) is 6.54 Å². The van der Waals surface area contributed by atoms with Crippen molar-refractivity contribution in [3.8, 4) is 0 Å². The molecule has 3 aromatic carbocycles. The number of carbonyl (C=O) groups is 1. The number of anilines is 3. The number of para-hydroxylation sites is 1. The summed E-state index contributed by atoms with van der Waals surface area (Å²) in [6.45, 7) is 1.23. The molecule has 0 unspecified atom stereocenters. The van der Waals surface area contributed by atoms with Gasteiger partial charge >= 0.3 is 0 Å². The van der Waals surface area contributed by atoms with Crippen LogP contribution >= 0.6 is 0 Å². The van der Waals surface area contributed by atoms with E-state index in [2.05, 4.69) is 36.9 Å². The Morgan fingerprint density at radius 2 is 1.25 bits per heavy atom. The van der Waals surface area contributed by atoms with Crippen LogP contribution in [0.5, 0.6) is 0 Å². The van der Waals surface area contributed by atoms with Crippen LogP contribution in [0.25, 0.3) is 0 Å². The van der Waals surface area contributed by atoms with Crippen molar-refractivity contribution < 1.29 is 21.7 Å². The van der Waals surface area contributed by atoms with E-state index in [1.807, 2.05) is 72.8 Å². The number of halogens is 1. The number of amides is 1. The summed E-state index contributed by atoms with van der Waals surface area (Å²) in [5, 5.41) is 6.33. The molecule has 0 spiro atoms. The lowest BCUT2D eigenvalue weighted by Crippen LogP contribution is -3.00. The molecule has 2 N–H and O–H groups in total. The lowest BCUT2D eigenvalue weighted by Gasteiger charge is -2.29. The van der Waals surface area contributed by atoms with Gasteiger partial charge in [-0.2, -0.15) is 0 Å². The first-order chi connectivity index (χ1) is 13.0. The minimum absolute atomic E-state index is 0. The molecule has 0 aliphatic rings. The maximum absolute atomic E-state index is 12.5. The van der Waals surface area contributed by atoms with Crippen molar-refractivity contribution >= 4 is 23.0 Å². The van der Waals surface area contributed by atoms with Crippen LogP contribution in [-0.4, -0.2) is 31.0 Å². The van der Waals surface area contributed by atoms with Gasteiger partial charge in [0.25, 0.3) is 5.91 Å². The van der Waals surface area contributed by atoms with Gasteiger partial charge < -0.3 is 27.5 Å². The van der Waals surface area contributed by atoms with Gasteiger partial charge in [-0.3, -0.25) is 4.79 Å². The monoisotopic (exact) mass is 395 g/mol. The lowest BCUT2D eigenvalue weighted by atomic mass is 10.2. The highest BCUT2D eigenvalue weighted by Crippen LogP contribution is 2.19. The standard InChI is InChI=1S/C23H25N3O.ClH/c1-26(2,17-19-9-5-3-6-10-19)18-23(27)25-22-15-13-21(14-16-22)24-20-11-7-4-8-12-20;/h3-16,24H,17-18H2,1-2H3;1H. The van der Waals surface area contributed by atoms with Crippen LogP contribution in [0.1, 0.15) is 5.56 Å². The largest absolute Gasteiger partial charge is 1.00 e. The Kier molecular flexibility index (Phi) is 7.61. The number of rotatable bonds is 7. The van der Waals surface area contributed by atoms with Crippen LogP contribution in [-0.2, 0) is 11.3 Å². The van der Waals surface area contributed by atoms with Crippen LogP contribution in [0, 0.1) is 0 Å². The fourth-order valence-corrected chi connectivity index (χ4v) is 3.05. The van der Waals surface area contributed by atoms with Crippen molar-refractivity contribution in [2.75, 3.05) is 31.3 Å². The molecule has 0 atom stereocenters. The number of benzene rings is 3. The molecule has 0 fully saturated rings. The van der Waals surface area contributed by atoms with Gasteiger partial charge in [0, 0.05) is 22.6 Å². The summed E-state index contributed by atoms with van der Waals surface area (Å²) >= 11 is 0. The Bertz CT molecular complexity index is 865. The number of nitrogens with zero attached hydrogens (tertiary/aromatic N) is 1. The smallest absolute Gasteiger partial charge is 0.279 e. The van der Waals surface area contributed by atoms with Gasteiger partial charge in [0.05, 0.1) is 14.1 Å². The van der Waals surface area contributed by atoms with Gasteiger partial charge in [0.1, 0.15) is 6.54 Å². The topological polar surface area (TPSA) is 41.1 Å². The zero-order valence-corrected chi connectivity index (χ0v) is 17.0. The predicted molar refractivity (Wildman–Crippen MR) is 112 cm³/mol. The molecule has 0 saturated carbocycles. The second kappa shape index (κ2) is 9.93. The van der Waals surface area contributed by atoms with Gasteiger partial charge in [-0.15, -0.1) is 0 Å². The average molecular weight is 396 g/mol. The van der Waals surface area contributed by atoms with E-state index < -0.39 is 0 Å². The van der Waals surface area contributed by atoms with E-state index >= 15 is 0 Å². The van der Waals surface area contributed by atoms with Crippen molar-refractivity contribution in [3.63, 3.8) is 0 Å². The number of likely N-dealkylation sites (N-methyl/N-ethyl adjacent to an activating group) is 1. The third-order valence-corrected chi connectivity index (χ3v) is 4.26. The molecular weight excluding hydrogens is 370 g/mol. The van der Waals surface area contributed by atoms with Crippen LogP contribution in [0.3, 0.4) is 0 Å². The van der Waals surface area contributed by atoms with Crippen molar-refractivity contribution in [1.29, 1.82) is 0 Å². The fraction of sp³-hybridized carbons (Fsp3) is 0.174. The highest BCUT2D eigenvalue weighted by atomic mass is 35.5. The Labute approximate surface area is 173 Å². The van der Waals surface area contributed by atoms with E-state index in [-0.39, 0.29) is 18.3 Å². The number of hydrogen-bond donors (Lipinski definition) is 2. The number of hydrogen-bond acceptors (Lipinski definition) is 2. The van der Waals surface area contributed by atoms with Crippen LogP contribution in [0.15, 0.2) is 84.9 Å². The molecule has 0 aromatic heterocycles. The Hall–Kier alpha value is -2.82. The van der Waals surface area contributed by atoms with E-state index in [1.165, 1.54) is 5.56 Å². The molecule has 0 bridgehead atoms. The van der Waals surface area contributed by atoms with E-state index in [9.17, 15) is 4.79 Å². The molecule has 0 aliphatic carbocycles. The Morgan fingerprint density at radius 1 is 0.750 bits per heavy atom. The third kappa shape index (κ3) is 6.72. The molecule has 0 radical (unpaired) electrons. The molecule has 146 valence electrons. The minimum atomic E-state index is 0. The molecular formula is C23H26ClN3O. The summed E-state index contributed by atoms with van der Waals surface area (Å²) in [4.78, 5) is 12.5. The summed E-state index contributed by atoms with van der Waals surface area (Å²) in [5.74, 6) is 0.0136. The highest BCUT2D eigenvalue weighted by Gasteiger charge is 2.20. The van der Waals surface area contributed by atoms with E-state index in [1.54, 1.807) is 0 Å². The van der Waals surface area contributed by atoms with Crippen LogP contribution < -0.4 is 23.0 Å². The van der Waals surface area contributed by atoms with Gasteiger partial charge in [0.2, 0.25) is 0 Å². The molecule has 1 amide bonds. The average Bonchev–Trinajstić information content (AvgIpc) is 2.64. The van der Waals surface area contributed by atoms with Gasteiger partial charge in [-0.25, -0.2) is 0 Å². The third-order valence-electron chi connectivity index (χ3n) is 4.26. The summed E-state index contributed by atoms with van der Waals surface area (Å²) in [7, 11) is 4.14. The van der Waals surface area contributed by atoms with Gasteiger partial charge in [-0.1, -0.05) is 48.5 Å². The Morgan fingerprint density at radius 3 is 1.86 bits per heavy atom. The first-order valence-electron chi connectivity index (χ1n) is 9.08. The van der Waals surface area contributed by atoms with Crippen molar-refractivity contribution in [2.24, 2.45) is 0 Å². The number of carbonyl (C=O) groups excluding carboxylic acids is 1. The maximum atomic E-state index is 12.5. The number of nitrogens with one attached hydrogen (secondary N) is 2. The molecule has 0 saturated heterocycles. The normalized spacial score (nSPS) is 10.6. The van der Waals surface area contributed by atoms with Gasteiger partial charge in [-0.05, 0) is 36.4 Å². The highest BCUT2D eigenvalue weighted by molar-refractivity contribution is 5.91. The molecule has 28 heavy (non-hydrogen) atoms. The van der Waals surface area contributed by atoms with Crippen LogP contribution in [0.2, 0.25) is 0 Å². The number of quaternary nitrogens is 1. The van der Waals surface area contributed by atoms with Crippen LogP contribution in [0.4, 0.5) is 17.1 Å². The molecule has 0 aliphatic heterocycles. The summed E-state index contributed by atoms with van der Waals surface area (Å²) in [5.41, 5.74) is 4.05. The molecule has 3 aromatic rings. The van der Waals surface area contributed by atoms with Gasteiger partial charge in [0.15, 0.2) is 6.54 Å². The quantitative estimate of drug-likeness (QED) is 0.597. The first-order valence-corrected chi connectivity index (χ1v) is 9.08. The molecule has 5 heteroatoms. The zero-order chi connectivity index (χ0) is 19.1. The summed E-state index contributed by atoms with van der Waals surface area (Å²) in [6, 6.07) is 28.0. The van der Waals surface area contributed by atoms with E-state index in [4.69, 9.17) is 0 Å². The lowest BCUT2D eigenvalue weighted by molar-refractivity contribution is -0.895.